The van der Waals surface area contributed by atoms with Crippen molar-refractivity contribution >= 4 is 78.6 Å². The first-order chi connectivity index (χ1) is 21.4. The van der Waals surface area contributed by atoms with Crippen LogP contribution in [0.5, 0.6) is 0 Å². The molecule has 0 saturated carbocycles. The van der Waals surface area contributed by atoms with Crippen molar-refractivity contribution in [1.82, 2.24) is 4.90 Å². The molecule has 0 radical (unpaired) electrons. The molecule has 5 rings (SSSR count). The quantitative estimate of drug-likeness (QED) is 0.0929. The Morgan fingerprint density at radius 1 is 0.909 bits per heavy atom. The van der Waals surface area contributed by atoms with E-state index < -0.39 is 5.97 Å². The molecular formula is C35H31Br2N3O4. The lowest BCUT2D eigenvalue weighted by molar-refractivity contribution is -0.122. The van der Waals surface area contributed by atoms with Crippen molar-refractivity contribution in [3.63, 3.8) is 0 Å². The second-order valence-electron chi connectivity index (χ2n) is 9.93. The number of amidine groups is 1. The van der Waals surface area contributed by atoms with E-state index in [-0.39, 0.29) is 23.3 Å². The Balaban J connectivity index is 1.44. The summed E-state index contributed by atoms with van der Waals surface area (Å²) in [5.74, 6) is -0.671. The van der Waals surface area contributed by atoms with Crippen molar-refractivity contribution < 1.29 is 19.1 Å². The van der Waals surface area contributed by atoms with Gasteiger partial charge in [0.15, 0.2) is 5.76 Å². The predicted molar refractivity (Wildman–Crippen MR) is 182 cm³/mol. The van der Waals surface area contributed by atoms with Gasteiger partial charge in [-0.05, 0) is 89.4 Å². The second-order valence-corrected chi connectivity index (χ2v) is 11.7. The number of hydrogen-bond donors (Lipinski definition) is 0. The van der Waals surface area contributed by atoms with Crippen molar-refractivity contribution in [2.24, 2.45) is 4.99 Å². The number of rotatable bonds is 10. The highest BCUT2D eigenvalue weighted by atomic mass is 79.9. The van der Waals surface area contributed by atoms with Gasteiger partial charge in [0.1, 0.15) is 0 Å². The van der Waals surface area contributed by atoms with Crippen LogP contribution in [-0.2, 0) is 14.3 Å². The first kappa shape index (κ1) is 31.2. The second kappa shape index (κ2) is 14.5. The molecule has 0 unspecified atom stereocenters. The SMILES string of the molecule is CCCCOC(=O)c1cc(Br)cc(Br)c1/N=C1/O/C(=C/c2ccc(N(c3ccccc3)c3ccccc3)cc2)C(=O)N1CC. The molecule has 1 saturated heterocycles. The summed E-state index contributed by atoms with van der Waals surface area (Å²) in [6.07, 6.45) is 3.36. The smallest absolute Gasteiger partial charge is 0.340 e. The first-order valence-electron chi connectivity index (χ1n) is 14.4. The van der Waals surface area contributed by atoms with Gasteiger partial charge in [-0.2, -0.15) is 4.99 Å². The minimum Gasteiger partial charge on any atom is -0.462 e. The van der Waals surface area contributed by atoms with Crippen LogP contribution in [0.1, 0.15) is 42.6 Å². The number of para-hydroxylation sites is 2. The Hall–Kier alpha value is -4.21. The first-order valence-corrected chi connectivity index (χ1v) is 15.9. The van der Waals surface area contributed by atoms with Gasteiger partial charge in [-0.3, -0.25) is 9.69 Å². The van der Waals surface area contributed by atoms with E-state index >= 15 is 0 Å². The normalized spacial score (nSPS) is 14.6. The third-order valence-corrected chi connectivity index (χ3v) is 7.93. The summed E-state index contributed by atoms with van der Waals surface area (Å²) in [5.41, 5.74) is 4.41. The van der Waals surface area contributed by atoms with E-state index in [1.54, 1.807) is 18.2 Å². The van der Waals surface area contributed by atoms with Crippen LogP contribution in [0.3, 0.4) is 0 Å². The molecular weight excluding hydrogens is 686 g/mol. The number of unbranched alkanes of at least 4 members (excludes halogenated alkanes) is 1. The van der Waals surface area contributed by atoms with Crippen molar-refractivity contribution in [3.8, 4) is 0 Å². The summed E-state index contributed by atoms with van der Waals surface area (Å²) < 4.78 is 12.7. The molecule has 0 bridgehead atoms. The number of halogens is 2. The zero-order valence-electron chi connectivity index (χ0n) is 24.4. The number of aliphatic imine (C=N–C) groups is 1. The maximum absolute atomic E-state index is 13.4. The molecule has 0 atom stereocenters. The van der Waals surface area contributed by atoms with Gasteiger partial charge in [0, 0.05) is 32.6 Å². The van der Waals surface area contributed by atoms with E-state index in [0.29, 0.717) is 27.8 Å². The fourth-order valence-corrected chi connectivity index (χ4v) is 5.97. The van der Waals surface area contributed by atoms with Gasteiger partial charge in [-0.25, -0.2) is 4.79 Å². The van der Waals surface area contributed by atoms with Crippen LogP contribution in [0.2, 0.25) is 0 Å². The van der Waals surface area contributed by atoms with Crippen LogP contribution < -0.4 is 4.90 Å². The minimum atomic E-state index is -0.497. The lowest BCUT2D eigenvalue weighted by Gasteiger charge is -2.25. The molecule has 1 aliphatic rings. The highest BCUT2D eigenvalue weighted by Gasteiger charge is 2.34. The standard InChI is InChI=1S/C35H31Br2N3O4/c1-3-5-20-43-34(42)29-22-25(36)23-30(37)32(29)38-35-39(4-2)33(41)31(44-35)21-24-16-18-28(19-17-24)40(26-12-8-6-9-13-26)27-14-10-7-11-15-27/h6-19,21-23H,3-5,20H2,1-2H3/b31-21+,38-35+. The molecule has 1 heterocycles. The monoisotopic (exact) mass is 715 g/mol. The summed E-state index contributed by atoms with van der Waals surface area (Å²) in [5, 5.41) is 0. The Labute approximate surface area is 274 Å². The highest BCUT2D eigenvalue weighted by Crippen LogP contribution is 2.36. The zero-order chi connectivity index (χ0) is 31.1. The lowest BCUT2D eigenvalue weighted by atomic mass is 10.1. The van der Waals surface area contributed by atoms with Crippen LogP contribution in [-0.4, -0.2) is 35.9 Å². The molecule has 4 aromatic rings. The summed E-state index contributed by atoms with van der Waals surface area (Å²) in [6, 6.07) is 31.7. The van der Waals surface area contributed by atoms with E-state index in [4.69, 9.17) is 9.47 Å². The van der Waals surface area contributed by atoms with Gasteiger partial charge >= 0.3 is 12.0 Å². The van der Waals surface area contributed by atoms with Crippen LogP contribution in [0.25, 0.3) is 6.08 Å². The topological polar surface area (TPSA) is 71.4 Å². The Morgan fingerprint density at radius 2 is 1.52 bits per heavy atom. The number of carbonyl (C=O) groups is 2. The molecule has 1 amide bonds. The number of ether oxygens (including phenoxy) is 2. The summed E-state index contributed by atoms with van der Waals surface area (Å²) in [4.78, 5) is 34.5. The molecule has 1 aliphatic heterocycles. The fraction of sp³-hybridized carbons (Fsp3) is 0.171. The summed E-state index contributed by atoms with van der Waals surface area (Å²) in [6.45, 7) is 4.51. The number of anilines is 3. The fourth-order valence-electron chi connectivity index (χ4n) is 4.66. The third-order valence-electron chi connectivity index (χ3n) is 6.87. The number of benzene rings is 4. The Bertz CT molecular complexity index is 1650. The van der Waals surface area contributed by atoms with Gasteiger partial charge < -0.3 is 14.4 Å². The minimum absolute atomic E-state index is 0.0883. The number of esters is 1. The van der Waals surface area contributed by atoms with Crippen LogP contribution >= 0.6 is 31.9 Å². The average Bonchev–Trinajstić information content (AvgIpc) is 3.33. The van der Waals surface area contributed by atoms with Crippen molar-refractivity contribution in [1.29, 1.82) is 0 Å². The van der Waals surface area contributed by atoms with Crippen molar-refractivity contribution in [2.75, 3.05) is 18.1 Å². The van der Waals surface area contributed by atoms with Crippen LogP contribution in [0, 0.1) is 0 Å². The van der Waals surface area contributed by atoms with E-state index in [1.807, 2.05) is 74.5 Å². The molecule has 7 nitrogen and oxygen atoms in total. The molecule has 4 aromatic carbocycles. The summed E-state index contributed by atoms with van der Waals surface area (Å²) in [7, 11) is 0. The van der Waals surface area contributed by atoms with E-state index in [9.17, 15) is 9.59 Å². The van der Waals surface area contributed by atoms with Gasteiger partial charge in [-0.1, -0.05) is 77.8 Å². The highest BCUT2D eigenvalue weighted by molar-refractivity contribution is 9.11. The van der Waals surface area contributed by atoms with Crippen LogP contribution in [0.15, 0.2) is 117 Å². The summed E-state index contributed by atoms with van der Waals surface area (Å²) >= 11 is 6.95. The Morgan fingerprint density at radius 3 is 2.11 bits per heavy atom. The third kappa shape index (κ3) is 7.11. The average molecular weight is 717 g/mol. The van der Waals surface area contributed by atoms with Crippen molar-refractivity contribution in [3.05, 3.63) is 123 Å². The molecule has 0 aromatic heterocycles. The van der Waals surface area contributed by atoms with Crippen LogP contribution in [0.4, 0.5) is 22.7 Å². The van der Waals surface area contributed by atoms with E-state index in [2.05, 4.69) is 66.0 Å². The molecule has 0 spiro atoms. The maximum atomic E-state index is 13.4. The molecule has 0 N–H and O–H groups in total. The maximum Gasteiger partial charge on any atom is 0.340 e. The molecule has 9 heteroatoms. The van der Waals surface area contributed by atoms with Gasteiger partial charge in [0.25, 0.3) is 5.91 Å². The zero-order valence-corrected chi connectivity index (χ0v) is 27.5. The number of hydrogen-bond acceptors (Lipinski definition) is 6. The van der Waals surface area contributed by atoms with Crippen molar-refractivity contribution in [2.45, 2.75) is 26.7 Å². The van der Waals surface area contributed by atoms with E-state index in [1.165, 1.54) is 4.90 Å². The lowest BCUT2D eigenvalue weighted by Crippen LogP contribution is -2.29. The number of likely N-dealkylation sites (N-methyl/N-ethyl adjacent to an activating group) is 1. The number of amides is 1. The van der Waals surface area contributed by atoms with E-state index in [0.717, 1.165) is 35.5 Å². The molecule has 44 heavy (non-hydrogen) atoms. The largest absolute Gasteiger partial charge is 0.462 e. The van der Waals surface area contributed by atoms with Gasteiger partial charge in [-0.15, -0.1) is 0 Å². The number of nitrogens with zero attached hydrogens (tertiary/aromatic N) is 3. The predicted octanol–water partition coefficient (Wildman–Crippen LogP) is 9.55. The molecule has 1 fully saturated rings. The van der Waals surface area contributed by atoms with Gasteiger partial charge in [0.05, 0.1) is 17.9 Å². The van der Waals surface area contributed by atoms with Gasteiger partial charge in [0.2, 0.25) is 0 Å². The molecule has 0 aliphatic carbocycles. The molecule has 224 valence electrons. The Kier molecular flexibility index (Phi) is 10.3. The number of carbonyl (C=O) groups excluding carboxylic acids is 2.